The first-order valence-electron chi connectivity index (χ1n) is 4.43. The van der Waals surface area contributed by atoms with Gasteiger partial charge in [-0.25, -0.2) is 4.79 Å². The number of hydrogen-bond acceptors (Lipinski definition) is 2. The van der Waals surface area contributed by atoms with Gasteiger partial charge in [0, 0.05) is 18.5 Å². The molecule has 4 nitrogen and oxygen atoms in total. The second-order valence-corrected chi connectivity index (χ2v) is 3.28. The summed E-state index contributed by atoms with van der Waals surface area (Å²) in [6.07, 6.45) is 0. The molecule has 0 saturated heterocycles. The monoisotopic (exact) mass is 203 g/mol. The highest BCUT2D eigenvalue weighted by Gasteiger charge is 2.11. The molecule has 0 amide bonds. The number of carboxylic acid groups (broad SMARTS) is 1. The summed E-state index contributed by atoms with van der Waals surface area (Å²) < 4.78 is 1.43. The van der Waals surface area contributed by atoms with E-state index < -0.39 is 5.97 Å². The minimum absolute atomic E-state index is 0.0497. The number of pyridine rings is 1. The number of rotatable bonds is 1. The van der Waals surface area contributed by atoms with Crippen molar-refractivity contribution in [3.63, 3.8) is 0 Å². The first-order valence-corrected chi connectivity index (χ1v) is 4.43. The van der Waals surface area contributed by atoms with Crippen LogP contribution in [-0.2, 0) is 7.05 Å². The molecular formula is C11H9NO3. The Kier molecular flexibility index (Phi) is 2.04. The third-order valence-corrected chi connectivity index (χ3v) is 2.38. The normalized spacial score (nSPS) is 10.5. The van der Waals surface area contributed by atoms with Crippen molar-refractivity contribution in [1.29, 1.82) is 0 Å². The summed E-state index contributed by atoms with van der Waals surface area (Å²) in [5.74, 6) is -1.08. The zero-order valence-electron chi connectivity index (χ0n) is 8.10. The molecule has 0 saturated carbocycles. The first-order chi connectivity index (χ1) is 7.11. The van der Waals surface area contributed by atoms with Crippen molar-refractivity contribution < 1.29 is 9.90 Å². The molecule has 0 unspecified atom stereocenters. The summed E-state index contributed by atoms with van der Waals surface area (Å²) in [4.78, 5) is 22.4. The number of aryl methyl sites for hydroxylation is 1. The average molecular weight is 203 g/mol. The molecule has 4 heteroatoms. The summed E-state index contributed by atoms with van der Waals surface area (Å²) in [6, 6.07) is 8.08. The van der Waals surface area contributed by atoms with Crippen LogP contribution in [0.2, 0.25) is 0 Å². The average Bonchev–Trinajstić information content (AvgIpc) is 2.23. The molecule has 0 radical (unpaired) electrons. The minimum atomic E-state index is -1.08. The van der Waals surface area contributed by atoms with Crippen molar-refractivity contribution >= 4 is 16.9 Å². The Balaban J connectivity index is 3.01. The van der Waals surface area contributed by atoms with Crippen LogP contribution in [0, 0.1) is 0 Å². The Morgan fingerprint density at radius 1 is 1.33 bits per heavy atom. The van der Waals surface area contributed by atoms with Crippen LogP contribution in [0.1, 0.15) is 10.4 Å². The lowest BCUT2D eigenvalue weighted by atomic mass is 10.1. The Morgan fingerprint density at radius 2 is 2.00 bits per heavy atom. The number of hydrogen-bond donors (Lipinski definition) is 1. The largest absolute Gasteiger partial charge is 0.478 e. The zero-order chi connectivity index (χ0) is 11.0. The molecule has 1 aromatic heterocycles. The van der Waals surface area contributed by atoms with Gasteiger partial charge in [-0.05, 0) is 6.07 Å². The predicted octanol–water partition coefficient (Wildman–Crippen LogP) is 1.24. The highest BCUT2D eigenvalue weighted by molar-refractivity contribution is 6.02. The van der Waals surface area contributed by atoms with Crippen LogP contribution < -0.4 is 5.56 Å². The second-order valence-electron chi connectivity index (χ2n) is 3.28. The summed E-state index contributed by atoms with van der Waals surface area (Å²) >= 11 is 0. The van der Waals surface area contributed by atoms with E-state index in [0.29, 0.717) is 10.9 Å². The van der Waals surface area contributed by atoms with Crippen molar-refractivity contribution in [2.75, 3.05) is 0 Å². The van der Waals surface area contributed by atoms with Crippen molar-refractivity contribution in [1.82, 2.24) is 4.57 Å². The van der Waals surface area contributed by atoms with Crippen molar-refractivity contribution in [3.05, 3.63) is 46.2 Å². The van der Waals surface area contributed by atoms with E-state index in [1.54, 1.807) is 31.3 Å². The third-order valence-electron chi connectivity index (χ3n) is 2.38. The van der Waals surface area contributed by atoms with E-state index in [1.807, 2.05) is 0 Å². The fourth-order valence-electron chi connectivity index (χ4n) is 1.59. The van der Waals surface area contributed by atoms with Crippen LogP contribution in [0.25, 0.3) is 10.9 Å². The summed E-state index contributed by atoms with van der Waals surface area (Å²) in [6.45, 7) is 0. The first kappa shape index (κ1) is 9.45. The number of para-hydroxylation sites is 1. The maximum atomic E-state index is 11.5. The van der Waals surface area contributed by atoms with Gasteiger partial charge in [0.15, 0.2) is 0 Å². The number of carbonyl (C=O) groups is 1. The quantitative estimate of drug-likeness (QED) is 0.758. The zero-order valence-corrected chi connectivity index (χ0v) is 8.10. The van der Waals surface area contributed by atoms with Gasteiger partial charge >= 0.3 is 5.97 Å². The maximum absolute atomic E-state index is 11.5. The fraction of sp³-hybridized carbons (Fsp3) is 0.0909. The third kappa shape index (κ3) is 1.40. The SMILES string of the molecule is Cn1c(=O)cc(C(=O)O)c2ccccc21. The van der Waals surface area contributed by atoms with Gasteiger partial charge < -0.3 is 9.67 Å². The van der Waals surface area contributed by atoms with Crippen LogP contribution in [-0.4, -0.2) is 15.6 Å². The standard InChI is InChI=1S/C11H9NO3/c1-12-9-5-3-2-4-7(9)8(11(14)15)6-10(12)13/h2-6H,1H3,(H,14,15). The van der Waals surface area contributed by atoms with E-state index in [2.05, 4.69) is 0 Å². The second kappa shape index (κ2) is 3.24. The predicted molar refractivity (Wildman–Crippen MR) is 56.1 cm³/mol. The Morgan fingerprint density at radius 3 is 2.67 bits per heavy atom. The molecule has 0 fully saturated rings. The van der Waals surface area contributed by atoms with Crippen LogP contribution in [0.4, 0.5) is 0 Å². The van der Waals surface area contributed by atoms with Gasteiger partial charge in [0.2, 0.25) is 0 Å². The Hall–Kier alpha value is -2.10. The molecule has 0 aliphatic carbocycles. The molecule has 0 aliphatic heterocycles. The fourth-order valence-corrected chi connectivity index (χ4v) is 1.59. The number of benzene rings is 1. The van der Waals surface area contributed by atoms with Gasteiger partial charge in [-0.15, -0.1) is 0 Å². The van der Waals surface area contributed by atoms with Crippen molar-refractivity contribution in [3.8, 4) is 0 Å². The topological polar surface area (TPSA) is 59.3 Å². The van der Waals surface area contributed by atoms with Gasteiger partial charge in [-0.1, -0.05) is 18.2 Å². The molecule has 0 spiro atoms. The molecule has 1 N–H and O–H groups in total. The lowest BCUT2D eigenvalue weighted by molar-refractivity contribution is 0.0699. The molecule has 1 heterocycles. The van der Waals surface area contributed by atoms with Crippen LogP contribution in [0.5, 0.6) is 0 Å². The molecule has 0 aliphatic rings. The van der Waals surface area contributed by atoms with Gasteiger partial charge in [0.05, 0.1) is 11.1 Å². The smallest absolute Gasteiger partial charge is 0.336 e. The molecular weight excluding hydrogens is 194 g/mol. The van der Waals surface area contributed by atoms with E-state index in [4.69, 9.17) is 5.11 Å². The number of carboxylic acids is 1. The number of fused-ring (bicyclic) bond motifs is 1. The van der Waals surface area contributed by atoms with Gasteiger partial charge in [-0.3, -0.25) is 4.79 Å². The molecule has 2 rings (SSSR count). The molecule has 0 atom stereocenters. The van der Waals surface area contributed by atoms with Crippen LogP contribution in [0.3, 0.4) is 0 Å². The highest BCUT2D eigenvalue weighted by Crippen LogP contribution is 2.15. The Labute approximate surface area is 85.4 Å². The van der Waals surface area contributed by atoms with Crippen LogP contribution >= 0.6 is 0 Å². The highest BCUT2D eigenvalue weighted by atomic mass is 16.4. The molecule has 15 heavy (non-hydrogen) atoms. The van der Waals surface area contributed by atoms with E-state index in [1.165, 1.54) is 4.57 Å². The lowest BCUT2D eigenvalue weighted by Gasteiger charge is -2.06. The number of aromatic nitrogens is 1. The van der Waals surface area contributed by atoms with E-state index in [-0.39, 0.29) is 11.1 Å². The molecule has 2 aromatic rings. The Bertz CT molecular complexity index is 598. The van der Waals surface area contributed by atoms with Crippen molar-refractivity contribution in [2.24, 2.45) is 7.05 Å². The van der Waals surface area contributed by atoms with Gasteiger partial charge in [0.25, 0.3) is 5.56 Å². The van der Waals surface area contributed by atoms with Crippen molar-refractivity contribution in [2.45, 2.75) is 0 Å². The van der Waals surface area contributed by atoms with Crippen LogP contribution in [0.15, 0.2) is 35.1 Å². The molecule has 1 aromatic carbocycles. The summed E-state index contributed by atoms with van der Waals surface area (Å²) in [5.41, 5.74) is 0.363. The van der Waals surface area contributed by atoms with E-state index >= 15 is 0 Å². The van der Waals surface area contributed by atoms with Gasteiger partial charge in [-0.2, -0.15) is 0 Å². The lowest BCUT2D eigenvalue weighted by Crippen LogP contribution is -2.18. The number of nitrogens with zero attached hydrogens (tertiary/aromatic N) is 1. The summed E-state index contributed by atoms with van der Waals surface area (Å²) in [7, 11) is 1.62. The maximum Gasteiger partial charge on any atom is 0.336 e. The van der Waals surface area contributed by atoms with E-state index in [0.717, 1.165) is 6.07 Å². The molecule has 76 valence electrons. The van der Waals surface area contributed by atoms with Gasteiger partial charge in [0.1, 0.15) is 0 Å². The minimum Gasteiger partial charge on any atom is -0.478 e. The molecule has 0 bridgehead atoms. The summed E-state index contributed by atoms with van der Waals surface area (Å²) in [5, 5.41) is 9.53. The van der Waals surface area contributed by atoms with E-state index in [9.17, 15) is 9.59 Å². The number of aromatic carboxylic acids is 1.